The molecule has 0 aliphatic rings. The summed E-state index contributed by atoms with van der Waals surface area (Å²) in [6.07, 6.45) is 0. The Bertz CT molecular complexity index is 539. The van der Waals surface area contributed by atoms with Gasteiger partial charge in [-0.3, -0.25) is 0 Å². The minimum Gasteiger partial charge on any atom is -0.332 e. The Labute approximate surface area is 118 Å². The van der Waals surface area contributed by atoms with Gasteiger partial charge in [0, 0.05) is 17.8 Å². The third kappa shape index (κ3) is 2.71. The van der Waals surface area contributed by atoms with Gasteiger partial charge in [0.2, 0.25) is 0 Å². The van der Waals surface area contributed by atoms with Crippen LogP contribution in [0, 0.1) is 0 Å². The molecular weight excluding hydrogens is 262 g/mol. The summed E-state index contributed by atoms with van der Waals surface area (Å²) < 4.78 is 0. The first-order valence-electron chi connectivity index (χ1n) is 5.85. The fourth-order valence-corrected chi connectivity index (χ4v) is 2.53. The number of thiocarbonyl (C=S) groups is 1. The van der Waals surface area contributed by atoms with Crippen LogP contribution in [0.4, 0.5) is 5.69 Å². The van der Waals surface area contributed by atoms with Gasteiger partial charge in [0.05, 0.1) is 5.02 Å². The molecule has 1 nitrogen and oxygen atoms in total. The van der Waals surface area contributed by atoms with Gasteiger partial charge in [0.15, 0.2) is 0 Å². The predicted molar refractivity (Wildman–Crippen MR) is 82.6 cm³/mol. The molecule has 0 spiro atoms. The lowest BCUT2D eigenvalue weighted by Gasteiger charge is -2.24. The van der Waals surface area contributed by atoms with E-state index in [0.717, 1.165) is 22.8 Å². The number of rotatable bonds is 3. The maximum atomic E-state index is 6.19. The Hall–Kier alpha value is -1.38. The molecule has 0 aromatic heterocycles. The molecule has 0 fully saturated rings. The van der Waals surface area contributed by atoms with Crippen molar-refractivity contribution in [2.75, 3.05) is 11.4 Å². The third-order valence-electron chi connectivity index (χ3n) is 2.73. The first-order valence-corrected chi connectivity index (χ1v) is 6.64. The van der Waals surface area contributed by atoms with Gasteiger partial charge in [-0.2, -0.15) is 0 Å². The molecule has 0 saturated heterocycles. The standard InChI is InChI=1S/C15H14ClNS/c1-2-17(12-8-4-3-5-9-12)15(18)13-10-6-7-11-14(13)16/h3-11H,2H2,1H3. The minimum absolute atomic E-state index is 0.692. The molecule has 0 bridgehead atoms. The highest BCUT2D eigenvalue weighted by molar-refractivity contribution is 7.81. The third-order valence-corrected chi connectivity index (χ3v) is 3.50. The summed E-state index contributed by atoms with van der Waals surface area (Å²) in [4.78, 5) is 2.84. The van der Waals surface area contributed by atoms with Crippen LogP contribution in [0.5, 0.6) is 0 Å². The first kappa shape index (κ1) is 13.1. The summed E-state index contributed by atoms with van der Waals surface area (Å²) >= 11 is 11.7. The van der Waals surface area contributed by atoms with E-state index in [9.17, 15) is 0 Å². The van der Waals surface area contributed by atoms with Crippen LogP contribution in [-0.4, -0.2) is 11.5 Å². The minimum atomic E-state index is 0.692. The van der Waals surface area contributed by atoms with Gasteiger partial charge in [-0.1, -0.05) is 60.2 Å². The van der Waals surface area contributed by atoms with Crippen molar-refractivity contribution < 1.29 is 0 Å². The number of hydrogen-bond acceptors (Lipinski definition) is 1. The topological polar surface area (TPSA) is 3.24 Å². The number of para-hydroxylation sites is 1. The molecular formula is C15H14ClNS. The van der Waals surface area contributed by atoms with Crippen molar-refractivity contribution >= 4 is 34.5 Å². The molecule has 2 aromatic carbocycles. The Kier molecular flexibility index (Phi) is 4.34. The van der Waals surface area contributed by atoms with Crippen LogP contribution in [0.2, 0.25) is 5.02 Å². The van der Waals surface area contributed by atoms with Gasteiger partial charge >= 0.3 is 0 Å². The van der Waals surface area contributed by atoms with E-state index in [-0.39, 0.29) is 0 Å². The fraction of sp³-hybridized carbons (Fsp3) is 0.133. The van der Waals surface area contributed by atoms with Gasteiger partial charge in [-0.15, -0.1) is 0 Å². The summed E-state index contributed by atoms with van der Waals surface area (Å²) in [7, 11) is 0. The summed E-state index contributed by atoms with van der Waals surface area (Å²) in [6.45, 7) is 2.89. The van der Waals surface area contributed by atoms with Crippen LogP contribution >= 0.6 is 23.8 Å². The van der Waals surface area contributed by atoms with Crippen molar-refractivity contribution in [1.29, 1.82) is 0 Å². The van der Waals surface area contributed by atoms with Gasteiger partial charge in [0.1, 0.15) is 4.99 Å². The van der Waals surface area contributed by atoms with Crippen LogP contribution in [0.3, 0.4) is 0 Å². The molecule has 0 saturated carbocycles. The fourth-order valence-electron chi connectivity index (χ4n) is 1.83. The van der Waals surface area contributed by atoms with Crippen LogP contribution in [0.1, 0.15) is 12.5 Å². The van der Waals surface area contributed by atoms with Crippen molar-refractivity contribution in [3.8, 4) is 0 Å². The first-order chi connectivity index (χ1) is 8.74. The van der Waals surface area contributed by atoms with Crippen molar-refractivity contribution in [2.24, 2.45) is 0 Å². The number of anilines is 1. The van der Waals surface area contributed by atoms with Crippen LogP contribution in [0.25, 0.3) is 0 Å². The number of benzene rings is 2. The second kappa shape index (κ2) is 5.98. The van der Waals surface area contributed by atoms with Crippen LogP contribution < -0.4 is 4.90 Å². The van der Waals surface area contributed by atoms with Crippen LogP contribution in [0.15, 0.2) is 54.6 Å². The monoisotopic (exact) mass is 275 g/mol. The smallest absolute Gasteiger partial charge is 0.115 e. The van der Waals surface area contributed by atoms with E-state index in [4.69, 9.17) is 23.8 Å². The lowest BCUT2D eigenvalue weighted by atomic mass is 10.2. The molecule has 0 atom stereocenters. The van der Waals surface area contributed by atoms with E-state index in [1.54, 1.807) is 0 Å². The normalized spacial score (nSPS) is 10.1. The number of nitrogens with zero attached hydrogens (tertiary/aromatic N) is 1. The van der Waals surface area contributed by atoms with E-state index in [2.05, 4.69) is 11.8 Å². The summed E-state index contributed by atoms with van der Waals surface area (Å²) in [6, 6.07) is 17.8. The van der Waals surface area contributed by atoms with E-state index >= 15 is 0 Å². The lowest BCUT2D eigenvalue weighted by Crippen LogP contribution is -2.29. The molecule has 18 heavy (non-hydrogen) atoms. The maximum absolute atomic E-state index is 6.19. The zero-order valence-corrected chi connectivity index (χ0v) is 11.7. The largest absolute Gasteiger partial charge is 0.332 e. The van der Waals surface area contributed by atoms with Crippen molar-refractivity contribution in [3.63, 3.8) is 0 Å². The number of halogens is 1. The summed E-state index contributed by atoms with van der Waals surface area (Å²) in [5, 5.41) is 0.692. The predicted octanol–water partition coefficient (Wildman–Crippen LogP) is 4.54. The average Bonchev–Trinajstić information content (AvgIpc) is 2.41. The molecule has 0 N–H and O–H groups in total. The molecule has 0 aliphatic carbocycles. The summed E-state index contributed by atoms with van der Waals surface area (Å²) in [5.74, 6) is 0. The molecule has 3 heteroatoms. The molecule has 0 heterocycles. The van der Waals surface area contributed by atoms with Crippen molar-refractivity contribution in [3.05, 3.63) is 65.2 Å². The van der Waals surface area contributed by atoms with Gasteiger partial charge in [-0.25, -0.2) is 0 Å². The van der Waals surface area contributed by atoms with Gasteiger partial charge in [-0.05, 0) is 25.1 Å². The average molecular weight is 276 g/mol. The molecule has 0 aliphatic heterocycles. The molecule has 2 rings (SSSR count). The highest BCUT2D eigenvalue weighted by Crippen LogP contribution is 2.22. The second-order valence-electron chi connectivity index (χ2n) is 3.86. The second-order valence-corrected chi connectivity index (χ2v) is 4.66. The van der Waals surface area contributed by atoms with Gasteiger partial charge < -0.3 is 4.90 Å². The molecule has 0 amide bonds. The SMILES string of the molecule is CCN(C(=S)c1ccccc1Cl)c1ccccc1. The highest BCUT2D eigenvalue weighted by Gasteiger charge is 2.13. The number of hydrogen-bond donors (Lipinski definition) is 0. The van der Waals surface area contributed by atoms with E-state index < -0.39 is 0 Å². The van der Waals surface area contributed by atoms with Gasteiger partial charge in [0.25, 0.3) is 0 Å². The Balaban J connectivity index is 2.35. The molecule has 0 radical (unpaired) electrons. The zero-order chi connectivity index (χ0) is 13.0. The molecule has 2 aromatic rings. The van der Waals surface area contributed by atoms with E-state index in [1.165, 1.54) is 0 Å². The quantitative estimate of drug-likeness (QED) is 0.757. The Morgan fingerprint density at radius 3 is 2.28 bits per heavy atom. The maximum Gasteiger partial charge on any atom is 0.115 e. The lowest BCUT2D eigenvalue weighted by molar-refractivity contribution is 1.07. The highest BCUT2D eigenvalue weighted by atomic mass is 35.5. The summed E-state index contributed by atoms with van der Waals surface area (Å²) in [5.41, 5.74) is 1.99. The van der Waals surface area contributed by atoms with E-state index in [1.807, 2.05) is 54.6 Å². The molecule has 92 valence electrons. The van der Waals surface area contributed by atoms with Crippen LogP contribution in [-0.2, 0) is 0 Å². The Morgan fingerprint density at radius 2 is 1.67 bits per heavy atom. The molecule has 0 unspecified atom stereocenters. The zero-order valence-electron chi connectivity index (χ0n) is 10.1. The van der Waals surface area contributed by atoms with Crippen molar-refractivity contribution in [1.82, 2.24) is 0 Å². The van der Waals surface area contributed by atoms with E-state index in [0.29, 0.717) is 5.02 Å². The van der Waals surface area contributed by atoms with Crippen molar-refractivity contribution in [2.45, 2.75) is 6.92 Å². The Morgan fingerprint density at radius 1 is 1.06 bits per heavy atom.